The lowest BCUT2D eigenvalue weighted by Gasteiger charge is -2.24. The zero-order valence-corrected chi connectivity index (χ0v) is 27.0. The number of benzene rings is 7. The van der Waals surface area contributed by atoms with Crippen molar-refractivity contribution in [2.75, 3.05) is 0 Å². The Morgan fingerprint density at radius 3 is 1.52 bits per heavy atom. The van der Waals surface area contributed by atoms with Crippen LogP contribution in [0.2, 0.25) is 0 Å². The minimum absolute atomic E-state index is 0.273. The van der Waals surface area contributed by atoms with Crippen molar-refractivity contribution in [1.82, 2.24) is 14.1 Å². The molecule has 7 aromatic carbocycles. The highest BCUT2D eigenvalue weighted by molar-refractivity contribution is 6.26. The number of nitrogens with one attached hydrogen (secondary N) is 1. The predicted molar refractivity (Wildman–Crippen MR) is 208 cm³/mol. The van der Waals surface area contributed by atoms with E-state index in [1.54, 1.807) is 0 Å². The van der Waals surface area contributed by atoms with Crippen LogP contribution in [0.3, 0.4) is 0 Å². The van der Waals surface area contributed by atoms with Crippen molar-refractivity contribution in [3.8, 4) is 0 Å². The average Bonchev–Trinajstić information content (AvgIpc) is 3.70. The van der Waals surface area contributed by atoms with Gasteiger partial charge in [-0.2, -0.15) is 0 Å². The molecule has 4 heterocycles. The van der Waals surface area contributed by atoms with Crippen LogP contribution in [-0.4, -0.2) is 20.5 Å². The summed E-state index contributed by atoms with van der Waals surface area (Å²) in [5.41, 5.74) is 10.2. The zero-order valence-electron chi connectivity index (χ0n) is 27.0. The number of amidine groups is 2. The maximum absolute atomic E-state index is 5.18. The molecule has 0 radical (unpaired) electrons. The third-order valence-corrected chi connectivity index (χ3v) is 10.3. The molecule has 0 saturated heterocycles. The predicted octanol–water partition coefficient (Wildman–Crippen LogP) is 10.5. The van der Waals surface area contributed by atoms with Gasteiger partial charge in [0, 0.05) is 43.4 Å². The molecule has 3 aromatic heterocycles. The molecule has 50 heavy (non-hydrogen) atoms. The lowest BCUT2D eigenvalue weighted by atomic mass is 10.0. The van der Waals surface area contributed by atoms with E-state index in [-0.39, 0.29) is 6.17 Å². The molecule has 5 nitrogen and oxygen atoms in total. The molecule has 1 aliphatic heterocycles. The second-order valence-electron chi connectivity index (χ2n) is 13.0. The van der Waals surface area contributed by atoms with Crippen molar-refractivity contribution >= 4 is 77.1 Å². The first kappa shape index (κ1) is 27.3. The van der Waals surface area contributed by atoms with E-state index in [1.807, 2.05) is 24.3 Å². The molecular weight excluding hydrogens is 611 g/mol. The summed E-state index contributed by atoms with van der Waals surface area (Å²) >= 11 is 0. The maximum Gasteiger partial charge on any atom is 0.159 e. The molecule has 10 aromatic rings. The van der Waals surface area contributed by atoms with E-state index in [2.05, 4.69) is 154 Å². The lowest BCUT2D eigenvalue weighted by Crippen LogP contribution is -2.33. The van der Waals surface area contributed by atoms with Crippen LogP contribution in [-0.2, 0) is 0 Å². The Kier molecular flexibility index (Phi) is 5.66. The summed E-state index contributed by atoms with van der Waals surface area (Å²) in [6.45, 7) is 0. The second kappa shape index (κ2) is 10.4. The molecule has 0 saturated carbocycles. The fourth-order valence-corrected chi connectivity index (χ4v) is 8.11. The van der Waals surface area contributed by atoms with E-state index < -0.39 is 0 Å². The molecule has 234 valence electrons. The Hall–Kier alpha value is -6.72. The molecular formula is C45H29N5. The summed E-state index contributed by atoms with van der Waals surface area (Å²) in [5.74, 6) is 1.51. The minimum Gasteiger partial charge on any atom is -0.344 e. The summed E-state index contributed by atoms with van der Waals surface area (Å²) in [5, 5.41) is 11.0. The topological polar surface area (TPSA) is 45.6 Å². The number of rotatable bonds is 3. The molecule has 0 fully saturated rings. The Morgan fingerprint density at radius 1 is 0.420 bits per heavy atom. The number of hydrogen-bond acceptors (Lipinski definition) is 3. The quantitative estimate of drug-likeness (QED) is 0.205. The van der Waals surface area contributed by atoms with E-state index in [0.717, 1.165) is 28.0 Å². The Bertz CT molecular complexity index is 3060. The van der Waals surface area contributed by atoms with Crippen LogP contribution in [0.1, 0.15) is 22.9 Å². The summed E-state index contributed by atoms with van der Waals surface area (Å²) in [4.78, 5) is 10.3. The molecule has 0 amide bonds. The highest BCUT2D eigenvalue weighted by atomic mass is 15.2. The molecule has 1 N–H and O–H groups in total. The van der Waals surface area contributed by atoms with Crippen molar-refractivity contribution in [3.63, 3.8) is 0 Å². The fourth-order valence-electron chi connectivity index (χ4n) is 8.11. The van der Waals surface area contributed by atoms with Gasteiger partial charge in [0.15, 0.2) is 5.84 Å². The number of hydrogen-bond donors (Lipinski definition) is 1. The van der Waals surface area contributed by atoms with E-state index in [0.29, 0.717) is 5.84 Å². The van der Waals surface area contributed by atoms with Gasteiger partial charge < -0.3 is 14.1 Å². The lowest BCUT2D eigenvalue weighted by molar-refractivity contribution is 0.674. The number of para-hydroxylation sites is 3. The van der Waals surface area contributed by atoms with Gasteiger partial charge >= 0.3 is 0 Å². The number of aromatic nitrogens is 2. The van der Waals surface area contributed by atoms with Gasteiger partial charge in [-0.3, -0.25) is 0 Å². The van der Waals surface area contributed by atoms with Crippen LogP contribution in [0.5, 0.6) is 0 Å². The van der Waals surface area contributed by atoms with Crippen LogP contribution in [0.4, 0.5) is 0 Å². The molecule has 1 atom stereocenters. The van der Waals surface area contributed by atoms with Gasteiger partial charge in [-0.1, -0.05) is 140 Å². The number of aliphatic imine (C=N–C) groups is 2. The first-order chi connectivity index (χ1) is 24.8. The Balaban J connectivity index is 1.29. The molecule has 0 aliphatic carbocycles. The van der Waals surface area contributed by atoms with Crippen LogP contribution >= 0.6 is 0 Å². The smallest absolute Gasteiger partial charge is 0.159 e. The highest BCUT2D eigenvalue weighted by Gasteiger charge is 2.23. The Labute approximate surface area is 287 Å². The van der Waals surface area contributed by atoms with Crippen molar-refractivity contribution in [2.45, 2.75) is 6.17 Å². The summed E-state index contributed by atoms with van der Waals surface area (Å²) < 4.78 is 4.97. The Morgan fingerprint density at radius 2 is 0.900 bits per heavy atom. The fraction of sp³-hybridized carbons (Fsp3) is 0.0222. The van der Waals surface area contributed by atoms with Crippen molar-refractivity contribution < 1.29 is 0 Å². The number of fused-ring (bicyclic) bond motifs is 11. The van der Waals surface area contributed by atoms with Crippen LogP contribution in [0.25, 0.3) is 65.4 Å². The monoisotopic (exact) mass is 639 g/mol. The van der Waals surface area contributed by atoms with Gasteiger partial charge in [-0.15, -0.1) is 0 Å². The van der Waals surface area contributed by atoms with E-state index in [9.17, 15) is 0 Å². The van der Waals surface area contributed by atoms with E-state index >= 15 is 0 Å². The molecule has 11 rings (SSSR count). The SMILES string of the molecule is c1ccc(C2=NC(c3ccccc3)NC(c3ccc4c5ccccc5n5c6ccccc6c6ccc7c8ccccc8n(c4c3)c7c65)=N2)cc1. The van der Waals surface area contributed by atoms with Gasteiger partial charge in [-0.05, 0) is 29.8 Å². The zero-order chi connectivity index (χ0) is 32.8. The summed E-state index contributed by atoms with van der Waals surface area (Å²) in [6, 6.07) is 58.5. The van der Waals surface area contributed by atoms with E-state index in [4.69, 9.17) is 9.98 Å². The molecule has 1 aliphatic rings. The second-order valence-corrected chi connectivity index (χ2v) is 13.0. The molecule has 1 unspecified atom stereocenters. The van der Waals surface area contributed by atoms with Gasteiger partial charge in [-0.25, -0.2) is 9.98 Å². The molecule has 0 spiro atoms. The third kappa shape index (κ3) is 3.83. The first-order valence-corrected chi connectivity index (χ1v) is 17.1. The number of nitrogens with zero attached hydrogens (tertiary/aromatic N) is 4. The summed E-state index contributed by atoms with van der Waals surface area (Å²) in [7, 11) is 0. The minimum atomic E-state index is -0.273. The standard InChI is InChI=1S/C45H29N5/c1-3-13-28(14-4-1)43-46-44(29-15-5-2-6-16-29)48-45(47-43)30-23-24-34-31-17-7-10-20-37(31)49-38-21-11-8-18-32(38)35-25-26-36-33-19-9-12-22-39(33)50(40(34)27-30)42(36)41(35)49/h1-27,43H,(H,46,47,48). The van der Waals surface area contributed by atoms with Crippen LogP contribution < -0.4 is 5.32 Å². The largest absolute Gasteiger partial charge is 0.344 e. The van der Waals surface area contributed by atoms with Crippen LogP contribution in [0.15, 0.2) is 174 Å². The van der Waals surface area contributed by atoms with Crippen molar-refractivity contribution in [1.29, 1.82) is 0 Å². The highest BCUT2D eigenvalue weighted by Crippen LogP contribution is 2.41. The maximum atomic E-state index is 5.18. The van der Waals surface area contributed by atoms with Gasteiger partial charge in [0.05, 0.1) is 33.1 Å². The van der Waals surface area contributed by atoms with Crippen molar-refractivity contribution in [3.05, 3.63) is 180 Å². The van der Waals surface area contributed by atoms with Gasteiger partial charge in [0.1, 0.15) is 12.0 Å². The van der Waals surface area contributed by atoms with Crippen molar-refractivity contribution in [2.24, 2.45) is 9.98 Å². The first-order valence-electron chi connectivity index (χ1n) is 17.1. The molecule has 5 heteroatoms. The van der Waals surface area contributed by atoms with Gasteiger partial charge in [0.25, 0.3) is 0 Å². The normalized spacial score (nSPS) is 15.0. The molecule has 0 bridgehead atoms. The van der Waals surface area contributed by atoms with Crippen LogP contribution in [0, 0.1) is 0 Å². The van der Waals surface area contributed by atoms with E-state index in [1.165, 1.54) is 59.9 Å². The van der Waals surface area contributed by atoms with Gasteiger partial charge in [0.2, 0.25) is 0 Å². The third-order valence-electron chi connectivity index (χ3n) is 10.3. The summed E-state index contributed by atoms with van der Waals surface area (Å²) in [6.07, 6.45) is -0.273. The average molecular weight is 640 g/mol.